The maximum absolute atomic E-state index is 11.8. The van der Waals surface area contributed by atoms with Crippen LogP contribution >= 0.6 is 22.6 Å². The SMILES string of the molecule is Cn1ccnc1NC(=O)c1ccc(I)cc1. The number of imidazole rings is 1. The monoisotopic (exact) mass is 327 g/mol. The summed E-state index contributed by atoms with van der Waals surface area (Å²) in [4.78, 5) is 15.8. The van der Waals surface area contributed by atoms with Gasteiger partial charge in [0.05, 0.1) is 0 Å². The first-order valence-electron chi connectivity index (χ1n) is 4.71. The number of nitrogens with zero attached hydrogens (tertiary/aromatic N) is 2. The summed E-state index contributed by atoms with van der Waals surface area (Å²) >= 11 is 2.20. The molecule has 1 heterocycles. The number of halogens is 1. The van der Waals surface area contributed by atoms with Crippen molar-refractivity contribution >= 4 is 34.4 Å². The number of aromatic nitrogens is 2. The third-order valence-electron chi connectivity index (χ3n) is 2.15. The molecule has 82 valence electrons. The van der Waals surface area contributed by atoms with Gasteiger partial charge in [-0.2, -0.15) is 0 Å². The molecule has 0 unspecified atom stereocenters. The van der Waals surface area contributed by atoms with E-state index in [1.54, 1.807) is 29.1 Å². The highest BCUT2D eigenvalue weighted by Gasteiger charge is 2.07. The number of carbonyl (C=O) groups excluding carboxylic acids is 1. The van der Waals surface area contributed by atoms with E-state index in [2.05, 4.69) is 32.9 Å². The van der Waals surface area contributed by atoms with Crippen LogP contribution in [0.4, 0.5) is 5.95 Å². The molecule has 0 aliphatic carbocycles. The Hall–Kier alpha value is -1.37. The molecule has 0 bridgehead atoms. The number of anilines is 1. The van der Waals surface area contributed by atoms with Crippen LogP contribution in [0.2, 0.25) is 0 Å². The van der Waals surface area contributed by atoms with Gasteiger partial charge < -0.3 is 4.57 Å². The summed E-state index contributed by atoms with van der Waals surface area (Å²) in [5.74, 6) is 0.397. The van der Waals surface area contributed by atoms with Crippen LogP contribution in [0.15, 0.2) is 36.7 Å². The molecule has 4 nitrogen and oxygen atoms in total. The Kier molecular flexibility index (Phi) is 3.23. The Morgan fingerprint density at radius 2 is 2.06 bits per heavy atom. The molecule has 1 amide bonds. The highest BCUT2D eigenvalue weighted by atomic mass is 127. The summed E-state index contributed by atoms with van der Waals surface area (Å²) in [6, 6.07) is 7.38. The maximum Gasteiger partial charge on any atom is 0.257 e. The Morgan fingerprint density at radius 3 is 2.62 bits per heavy atom. The van der Waals surface area contributed by atoms with E-state index in [1.807, 2.05) is 19.2 Å². The second-order valence-electron chi connectivity index (χ2n) is 3.32. The molecule has 0 saturated heterocycles. The molecule has 0 fully saturated rings. The predicted octanol–water partition coefficient (Wildman–Crippen LogP) is 2.28. The van der Waals surface area contributed by atoms with Crippen LogP contribution in [0.25, 0.3) is 0 Å². The summed E-state index contributed by atoms with van der Waals surface area (Å²) in [6.45, 7) is 0. The van der Waals surface area contributed by atoms with Gasteiger partial charge in [-0.05, 0) is 46.9 Å². The fourth-order valence-electron chi connectivity index (χ4n) is 1.26. The quantitative estimate of drug-likeness (QED) is 0.861. The number of hydrogen-bond donors (Lipinski definition) is 1. The van der Waals surface area contributed by atoms with Gasteiger partial charge in [-0.1, -0.05) is 0 Å². The molecule has 0 aliphatic rings. The summed E-state index contributed by atoms with van der Waals surface area (Å²) in [6.07, 6.45) is 3.42. The third-order valence-corrected chi connectivity index (χ3v) is 2.87. The van der Waals surface area contributed by atoms with Gasteiger partial charge in [0.2, 0.25) is 5.95 Å². The van der Waals surface area contributed by atoms with E-state index in [-0.39, 0.29) is 5.91 Å². The molecule has 0 spiro atoms. The van der Waals surface area contributed by atoms with Crippen molar-refractivity contribution in [3.05, 3.63) is 45.8 Å². The molecule has 1 N–H and O–H groups in total. The molecule has 1 aromatic heterocycles. The van der Waals surface area contributed by atoms with E-state index in [0.29, 0.717) is 11.5 Å². The molecule has 16 heavy (non-hydrogen) atoms. The fraction of sp³-hybridized carbons (Fsp3) is 0.0909. The van der Waals surface area contributed by atoms with Gasteiger partial charge in [0.1, 0.15) is 0 Å². The molecule has 2 rings (SSSR count). The molecule has 1 aromatic carbocycles. The summed E-state index contributed by atoms with van der Waals surface area (Å²) in [5.41, 5.74) is 0.628. The average molecular weight is 327 g/mol. The zero-order valence-electron chi connectivity index (χ0n) is 8.64. The summed E-state index contributed by atoms with van der Waals surface area (Å²) in [5, 5.41) is 2.74. The summed E-state index contributed by atoms with van der Waals surface area (Å²) < 4.78 is 2.86. The van der Waals surface area contributed by atoms with Crippen LogP contribution in [0.5, 0.6) is 0 Å². The summed E-state index contributed by atoms with van der Waals surface area (Å²) in [7, 11) is 1.83. The lowest BCUT2D eigenvalue weighted by Gasteiger charge is -2.04. The standard InChI is InChI=1S/C11H10IN3O/c1-15-7-6-13-11(15)14-10(16)8-2-4-9(12)5-3-8/h2-7H,1H3,(H,13,14,16). The number of benzene rings is 1. The minimum Gasteiger partial charge on any atom is -0.320 e. The minimum absolute atomic E-state index is 0.147. The zero-order valence-corrected chi connectivity index (χ0v) is 10.8. The third kappa shape index (κ3) is 2.41. The van der Waals surface area contributed by atoms with Gasteiger partial charge in [-0.15, -0.1) is 0 Å². The van der Waals surface area contributed by atoms with Gasteiger partial charge in [-0.3, -0.25) is 10.1 Å². The van der Waals surface area contributed by atoms with Crippen LogP contribution in [0, 0.1) is 3.57 Å². The second-order valence-corrected chi connectivity index (χ2v) is 4.57. The van der Waals surface area contributed by atoms with E-state index in [0.717, 1.165) is 3.57 Å². The van der Waals surface area contributed by atoms with Gasteiger partial charge in [0.15, 0.2) is 0 Å². The van der Waals surface area contributed by atoms with Gasteiger partial charge in [-0.25, -0.2) is 4.98 Å². The van der Waals surface area contributed by atoms with Gasteiger partial charge >= 0.3 is 0 Å². The molecule has 2 aromatic rings. The Morgan fingerprint density at radius 1 is 1.38 bits per heavy atom. The van der Waals surface area contributed by atoms with E-state index in [1.165, 1.54) is 0 Å². The normalized spacial score (nSPS) is 10.1. The van der Waals surface area contributed by atoms with Crippen molar-refractivity contribution in [2.24, 2.45) is 7.05 Å². The van der Waals surface area contributed by atoms with E-state index < -0.39 is 0 Å². The van der Waals surface area contributed by atoms with Crippen molar-refractivity contribution < 1.29 is 4.79 Å². The number of amides is 1. The van der Waals surface area contributed by atoms with Crippen LogP contribution < -0.4 is 5.32 Å². The molecular formula is C11H10IN3O. The molecule has 5 heteroatoms. The van der Waals surface area contributed by atoms with Crippen LogP contribution in [-0.4, -0.2) is 15.5 Å². The first kappa shape index (κ1) is 11.1. The lowest BCUT2D eigenvalue weighted by molar-refractivity contribution is 0.102. The number of aryl methyl sites for hydroxylation is 1. The van der Waals surface area contributed by atoms with Crippen molar-refractivity contribution in [2.45, 2.75) is 0 Å². The van der Waals surface area contributed by atoms with E-state index in [4.69, 9.17) is 0 Å². The number of hydrogen-bond acceptors (Lipinski definition) is 2. The number of nitrogens with one attached hydrogen (secondary N) is 1. The smallest absolute Gasteiger partial charge is 0.257 e. The van der Waals surface area contributed by atoms with Crippen molar-refractivity contribution in [1.29, 1.82) is 0 Å². The minimum atomic E-state index is -0.147. The first-order valence-corrected chi connectivity index (χ1v) is 5.79. The maximum atomic E-state index is 11.8. The largest absolute Gasteiger partial charge is 0.320 e. The van der Waals surface area contributed by atoms with Crippen LogP contribution in [-0.2, 0) is 7.05 Å². The van der Waals surface area contributed by atoms with Gasteiger partial charge in [0.25, 0.3) is 5.91 Å². The Bertz CT molecular complexity index is 504. The highest BCUT2D eigenvalue weighted by molar-refractivity contribution is 14.1. The Balaban J connectivity index is 2.15. The Labute approximate surface area is 107 Å². The van der Waals surface area contributed by atoms with Crippen molar-refractivity contribution in [3.63, 3.8) is 0 Å². The van der Waals surface area contributed by atoms with E-state index >= 15 is 0 Å². The van der Waals surface area contributed by atoms with Crippen molar-refractivity contribution in [2.75, 3.05) is 5.32 Å². The highest BCUT2D eigenvalue weighted by Crippen LogP contribution is 2.09. The lowest BCUT2D eigenvalue weighted by Crippen LogP contribution is -2.14. The fourth-order valence-corrected chi connectivity index (χ4v) is 1.62. The molecule has 0 saturated carbocycles. The number of rotatable bonds is 2. The van der Waals surface area contributed by atoms with Crippen molar-refractivity contribution in [1.82, 2.24) is 9.55 Å². The lowest BCUT2D eigenvalue weighted by atomic mass is 10.2. The zero-order chi connectivity index (χ0) is 11.5. The second kappa shape index (κ2) is 4.65. The number of carbonyl (C=O) groups is 1. The predicted molar refractivity (Wildman–Crippen MR) is 70.3 cm³/mol. The van der Waals surface area contributed by atoms with Crippen LogP contribution in [0.3, 0.4) is 0 Å². The first-order chi connectivity index (χ1) is 7.66. The average Bonchev–Trinajstić information content (AvgIpc) is 2.65. The topological polar surface area (TPSA) is 46.9 Å². The van der Waals surface area contributed by atoms with Crippen LogP contribution in [0.1, 0.15) is 10.4 Å². The van der Waals surface area contributed by atoms with Crippen molar-refractivity contribution in [3.8, 4) is 0 Å². The molecule has 0 atom stereocenters. The molecular weight excluding hydrogens is 317 g/mol. The molecule has 0 radical (unpaired) electrons. The van der Waals surface area contributed by atoms with E-state index in [9.17, 15) is 4.79 Å². The molecule has 0 aliphatic heterocycles. The van der Waals surface area contributed by atoms with Gasteiger partial charge in [0, 0.05) is 28.6 Å².